The highest BCUT2D eigenvalue weighted by molar-refractivity contribution is 6.07. The van der Waals surface area contributed by atoms with E-state index in [0.717, 1.165) is 16.8 Å². The molecule has 3 aromatic rings. The molecule has 1 saturated heterocycles. The third kappa shape index (κ3) is 3.46. The second-order valence-electron chi connectivity index (χ2n) is 10.4. The first kappa shape index (κ1) is 23.1. The molecule has 4 amide bonds. The van der Waals surface area contributed by atoms with Crippen molar-refractivity contribution < 1.29 is 19.2 Å². The minimum atomic E-state index is -0.675. The van der Waals surface area contributed by atoms with Gasteiger partial charge < -0.3 is 9.80 Å². The van der Waals surface area contributed by atoms with Crippen molar-refractivity contribution in [2.75, 3.05) is 4.90 Å². The highest BCUT2D eigenvalue weighted by Gasteiger charge is 2.45. The second-order valence-corrected chi connectivity index (χ2v) is 10.4. The molecule has 2 aromatic carbocycles. The van der Waals surface area contributed by atoms with Crippen LogP contribution in [0.25, 0.3) is 5.69 Å². The van der Waals surface area contributed by atoms with E-state index in [0.29, 0.717) is 17.7 Å². The van der Waals surface area contributed by atoms with Gasteiger partial charge in [0.1, 0.15) is 6.04 Å². The minimum Gasteiger partial charge on any atom is -0.322 e. The third-order valence-corrected chi connectivity index (χ3v) is 7.99. The molecule has 10 nitrogen and oxygen atoms in total. The number of benzene rings is 2. The van der Waals surface area contributed by atoms with E-state index in [2.05, 4.69) is 35.5 Å². The van der Waals surface area contributed by atoms with Gasteiger partial charge in [-0.2, -0.15) is 0 Å². The Morgan fingerprint density at radius 3 is 2.68 bits per heavy atom. The van der Waals surface area contributed by atoms with Crippen LogP contribution < -0.4 is 10.2 Å². The molecule has 2 atom stereocenters. The largest absolute Gasteiger partial charge is 0.322 e. The lowest BCUT2D eigenvalue weighted by molar-refractivity contribution is -0.136. The highest BCUT2D eigenvalue weighted by atomic mass is 16.2. The Balaban J connectivity index is 1.25. The molecule has 3 aliphatic rings. The summed E-state index contributed by atoms with van der Waals surface area (Å²) < 4.78 is 1.52. The van der Waals surface area contributed by atoms with Crippen molar-refractivity contribution in [3.8, 4) is 5.69 Å². The van der Waals surface area contributed by atoms with Gasteiger partial charge in [-0.1, -0.05) is 37.3 Å². The summed E-state index contributed by atoms with van der Waals surface area (Å²) in [6, 6.07) is 12.4. The number of imide groups is 1. The van der Waals surface area contributed by atoms with Crippen molar-refractivity contribution in [2.45, 2.75) is 57.7 Å². The molecule has 0 bridgehead atoms. The van der Waals surface area contributed by atoms with Crippen LogP contribution in [0.5, 0.6) is 0 Å². The van der Waals surface area contributed by atoms with E-state index in [4.69, 9.17) is 0 Å². The Morgan fingerprint density at radius 1 is 1.11 bits per heavy atom. The fourth-order valence-electron chi connectivity index (χ4n) is 5.59. The van der Waals surface area contributed by atoms with Gasteiger partial charge in [0.05, 0.1) is 11.9 Å². The lowest BCUT2D eigenvalue weighted by Gasteiger charge is -2.29. The number of rotatable bonds is 3. The van der Waals surface area contributed by atoms with E-state index in [9.17, 15) is 19.2 Å². The Morgan fingerprint density at radius 2 is 1.89 bits per heavy atom. The topological polar surface area (TPSA) is 118 Å². The van der Waals surface area contributed by atoms with Gasteiger partial charge in [-0.25, -0.2) is 4.68 Å². The SMILES string of the molecule is CC1N(C(=O)c2cn(-c3ccc4c(c3)CN(C3CCC(=O)NC3=O)C4=O)nn2)c2ccccc2C1(C)C. The van der Waals surface area contributed by atoms with E-state index >= 15 is 0 Å². The number of hydrogen-bond donors (Lipinski definition) is 1. The summed E-state index contributed by atoms with van der Waals surface area (Å²) in [5.74, 6) is -1.23. The third-order valence-electron chi connectivity index (χ3n) is 7.99. The summed E-state index contributed by atoms with van der Waals surface area (Å²) in [5.41, 5.74) is 3.92. The fraction of sp³-hybridized carbons (Fsp3) is 0.333. The van der Waals surface area contributed by atoms with E-state index in [1.807, 2.05) is 31.2 Å². The van der Waals surface area contributed by atoms with Gasteiger partial charge in [-0.3, -0.25) is 24.5 Å². The molecular formula is C27H26N6O4. The van der Waals surface area contributed by atoms with Gasteiger partial charge in [-0.05, 0) is 48.7 Å². The van der Waals surface area contributed by atoms with Crippen molar-refractivity contribution in [2.24, 2.45) is 0 Å². The van der Waals surface area contributed by atoms with Gasteiger partial charge in [0.2, 0.25) is 11.8 Å². The van der Waals surface area contributed by atoms with E-state index in [1.165, 1.54) is 9.58 Å². The molecule has 6 rings (SSSR count). The maximum atomic E-state index is 13.6. The van der Waals surface area contributed by atoms with Gasteiger partial charge in [0.25, 0.3) is 11.8 Å². The zero-order valence-electron chi connectivity index (χ0n) is 20.8. The molecule has 0 saturated carbocycles. The molecular weight excluding hydrogens is 472 g/mol. The molecule has 1 aromatic heterocycles. The van der Waals surface area contributed by atoms with Crippen molar-refractivity contribution in [3.05, 3.63) is 71.0 Å². The lowest BCUT2D eigenvalue weighted by atomic mass is 9.81. The van der Waals surface area contributed by atoms with E-state index in [-0.39, 0.29) is 47.8 Å². The van der Waals surface area contributed by atoms with Crippen LogP contribution in [0.2, 0.25) is 0 Å². The zero-order valence-corrected chi connectivity index (χ0v) is 20.8. The number of carbonyl (C=O) groups excluding carboxylic acids is 4. The molecule has 37 heavy (non-hydrogen) atoms. The monoisotopic (exact) mass is 498 g/mol. The number of piperidine rings is 1. The number of anilines is 1. The molecule has 10 heteroatoms. The summed E-state index contributed by atoms with van der Waals surface area (Å²) in [4.78, 5) is 53.6. The average Bonchev–Trinajstić information content (AvgIpc) is 3.54. The molecule has 2 unspecified atom stereocenters. The predicted octanol–water partition coefficient (Wildman–Crippen LogP) is 2.35. The lowest BCUT2D eigenvalue weighted by Crippen LogP contribution is -2.52. The Kier molecular flexibility index (Phi) is 5.05. The number of carbonyl (C=O) groups is 4. The van der Waals surface area contributed by atoms with E-state index in [1.54, 1.807) is 23.2 Å². The van der Waals surface area contributed by atoms with Crippen LogP contribution in [0.15, 0.2) is 48.7 Å². The summed E-state index contributed by atoms with van der Waals surface area (Å²) in [6.45, 7) is 6.55. The molecule has 188 valence electrons. The molecule has 1 N–H and O–H groups in total. The van der Waals surface area contributed by atoms with Crippen LogP contribution in [0.1, 0.15) is 65.6 Å². The number of para-hydroxylation sites is 1. The molecule has 0 aliphatic carbocycles. The first-order valence-electron chi connectivity index (χ1n) is 12.3. The zero-order chi connectivity index (χ0) is 26.1. The summed E-state index contributed by atoms with van der Waals surface area (Å²) in [6.07, 6.45) is 2.11. The molecule has 1 fully saturated rings. The quantitative estimate of drug-likeness (QED) is 0.554. The van der Waals surface area contributed by atoms with Crippen LogP contribution >= 0.6 is 0 Å². The average molecular weight is 499 g/mol. The number of nitrogens with zero attached hydrogens (tertiary/aromatic N) is 5. The number of nitrogens with one attached hydrogen (secondary N) is 1. The van der Waals surface area contributed by atoms with E-state index < -0.39 is 11.9 Å². The van der Waals surface area contributed by atoms with Crippen LogP contribution in [0, 0.1) is 0 Å². The summed E-state index contributed by atoms with van der Waals surface area (Å²) in [7, 11) is 0. The number of aromatic nitrogens is 3. The Labute approximate surface area is 213 Å². The number of amides is 4. The first-order chi connectivity index (χ1) is 17.7. The Bertz CT molecular complexity index is 1490. The van der Waals surface area contributed by atoms with Crippen molar-refractivity contribution in [3.63, 3.8) is 0 Å². The van der Waals surface area contributed by atoms with Crippen LogP contribution in [0.4, 0.5) is 5.69 Å². The van der Waals surface area contributed by atoms with Gasteiger partial charge in [0.15, 0.2) is 5.69 Å². The fourth-order valence-corrected chi connectivity index (χ4v) is 5.59. The normalized spacial score (nSPS) is 22.2. The van der Waals surface area contributed by atoms with Crippen LogP contribution in [-0.4, -0.2) is 55.6 Å². The van der Waals surface area contributed by atoms with Crippen molar-refractivity contribution in [1.82, 2.24) is 25.2 Å². The molecule has 0 spiro atoms. The molecule has 0 radical (unpaired) electrons. The minimum absolute atomic E-state index is 0.0631. The molecule has 3 aliphatic heterocycles. The predicted molar refractivity (Wildman–Crippen MR) is 133 cm³/mol. The molecule has 4 heterocycles. The van der Waals surface area contributed by atoms with Crippen LogP contribution in [-0.2, 0) is 21.5 Å². The maximum absolute atomic E-state index is 13.6. The highest BCUT2D eigenvalue weighted by Crippen LogP contribution is 2.45. The Hall–Kier alpha value is -4.34. The smallest absolute Gasteiger partial charge is 0.280 e. The number of hydrogen-bond acceptors (Lipinski definition) is 6. The van der Waals surface area contributed by atoms with Crippen molar-refractivity contribution >= 4 is 29.3 Å². The summed E-state index contributed by atoms with van der Waals surface area (Å²) in [5, 5.41) is 10.7. The summed E-state index contributed by atoms with van der Waals surface area (Å²) >= 11 is 0. The second kappa shape index (κ2) is 8.09. The van der Waals surface area contributed by atoms with Gasteiger partial charge >= 0.3 is 0 Å². The van der Waals surface area contributed by atoms with Crippen molar-refractivity contribution in [1.29, 1.82) is 0 Å². The first-order valence-corrected chi connectivity index (χ1v) is 12.3. The maximum Gasteiger partial charge on any atom is 0.280 e. The van der Waals surface area contributed by atoms with Gasteiger partial charge in [0, 0.05) is 35.7 Å². The van der Waals surface area contributed by atoms with Gasteiger partial charge in [-0.15, -0.1) is 5.10 Å². The standard InChI is InChI=1S/C27H26N6O4/c1-15-27(2,3)19-6-4-5-7-21(19)33(15)26(37)20-14-32(30-29-20)17-8-9-18-16(12-17)13-31(25(18)36)22-10-11-23(34)28-24(22)35/h4-9,12,14-15,22H,10-11,13H2,1-3H3,(H,28,34,35). The number of fused-ring (bicyclic) bond motifs is 2. The van der Waals surface area contributed by atoms with Crippen LogP contribution in [0.3, 0.4) is 0 Å².